The van der Waals surface area contributed by atoms with Crippen molar-refractivity contribution in [1.82, 2.24) is 4.57 Å². The summed E-state index contributed by atoms with van der Waals surface area (Å²) in [5, 5.41) is 4.21. The Morgan fingerprint density at radius 1 is 0.886 bits per heavy atom. The van der Waals surface area contributed by atoms with Gasteiger partial charge in [0.2, 0.25) is 5.91 Å². The normalized spacial score (nSPS) is 10.8. The van der Waals surface area contributed by atoms with Gasteiger partial charge in [0.15, 0.2) is 0 Å². The highest BCUT2D eigenvalue weighted by molar-refractivity contribution is 6.30. The molecule has 1 amide bonds. The van der Waals surface area contributed by atoms with Crippen LogP contribution >= 0.6 is 11.6 Å². The van der Waals surface area contributed by atoms with E-state index in [1.165, 1.54) is 7.11 Å². The molecule has 8 heteroatoms. The number of anilines is 1. The molecular weight excluding hydrogens is 468 g/mol. The van der Waals surface area contributed by atoms with Crippen LogP contribution in [-0.4, -0.2) is 37.7 Å². The van der Waals surface area contributed by atoms with Crippen LogP contribution in [0.1, 0.15) is 21.6 Å². The minimum atomic E-state index is -0.252. The van der Waals surface area contributed by atoms with Crippen LogP contribution in [0.4, 0.5) is 5.69 Å². The van der Waals surface area contributed by atoms with Crippen molar-refractivity contribution in [1.29, 1.82) is 0 Å². The maximum Gasteiger partial charge on any atom is 0.262 e. The highest BCUT2D eigenvalue weighted by atomic mass is 35.5. The molecule has 4 rings (SSSR count). The monoisotopic (exact) mass is 492 g/mol. The molecule has 0 bridgehead atoms. The molecule has 0 unspecified atom stereocenters. The van der Waals surface area contributed by atoms with Crippen LogP contribution in [0.15, 0.2) is 60.7 Å². The molecule has 0 saturated heterocycles. The average Bonchev–Trinajstić information content (AvgIpc) is 3.14. The Bertz CT molecular complexity index is 1410. The van der Waals surface area contributed by atoms with E-state index in [-0.39, 0.29) is 18.2 Å². The van der Waals surface area contributed by atoms with E-state index < -0.39 is 0 Å². The van der Waals surface area contributed by atoms with Gasteiger partial charge in [0.05, 0.1) is 39.0 Å². The lowest BCUT2D eigenvalue weighted by Gasteiger charge is -2.12. The first-order valence-electron chi connectivity index (χ1n) is 10.9. The Morgan fingerprint density at radius 2 is 1.54 bits per heavy atom. The second kappa shape index (κ2) is 10.1. The molecule has 0 aliphatic heterocycles. The van der Waals surface area contributed by atoms with E-state index in [1.54, 1.807) is 67.3 Å². The summed E-state index contributed by atoms with van der Waals surface area (Å²) < 4.78 is 17.6. The van der Waals surface area contributed by atoms with Gasteiger partial charge >= 0.3 is 0 Å². The lowest BCUT2D eigenvalue weighted by Crippen LogP contribution is -2.17. The lowest BCUT2D eigenvalue weighted by molar-refractivity contribution is -0.115. The first-order chi connectivity index (χ1) is 16.9. The Kier molecular flexibility index (Phi) is 6.98. The Hall–Kier alpha value is -3.97. The van der Waals surface area contributed by atoms with Gasteiger partial charge in [-0.05, 0) is 67.1 Å². The number of methoxy groups -OCH3 is 3. The number of fused-ring (bicyclic) bond motifs is 1. The van der Waals surface area contributed by atoms with Crippen molar-refractivity contribution >= 4 is 40.0 Å². The van der Waals surface area contributed by atoms with Gasteiger partial charge in [0.1, 0.15) is 17.2 Å². The smallest absolute Gasteiger partial charge is 0.262 e. The number of hydrogen-bond donors (Lipinski definition) is 1. The summed E-state index contributed by atoms with van der Waals surface area (Å²) in [6.07, 6.45) is 0.0472. The van der Waals surface area contributed by atoms with Crippen LogP contribution < -0.4 is 19.5 Å². The van der Waals surface area contributed by atoms with Gasteiger partial charge in [-0.2, -0.15) is 0 Å². The molecule has 0 fully saturated rings. The van der Waals surface area contributed by atoms with E-state index in [0.29, 0.717) is 44.7 Å². The van der Waals surface area contributed by atoms with Crippen molar-refractivity contribution in [3.05, 3.63) is 82.5 Å². The van der Waals surface area contributed by atoms with E-state index in [1.807, 2.05) is 19.1 Å². The number of nitrogens with one attached hydrogen (secondary N) is 1. The Balaban J connectivity index is 1.73. The van der Waals surface area contributed by atoms with Gasteiger partial charge in [-0.3, -0.25) is 14.2 Å². The topological polar surface area (TPSA) is 78.8 Å². The van der Waals surface area contributed by atoms with Crippen molar-refractivity contribution in [2.75, 3.05) is 26.6 Å². The van der Waals surface area contributed by atoms with E-state index in [4.69, 9.17) is 25.8 Å². The van der Waals surface area contributed by atoms with E-state index in [9.17, 15) is 9.59 Å². The lowest BCUT2D eigenvalue weighted by atomic mass is 10.1. The van der Waals surface area contributed by atoms with Crippen LogP contribution in [0.25, 0.3) is 10.9 Å². The molecule has 0 aliphatic carbocycles. The average molecular weight is 493 g/mol. The third-order valence-corrected chi connectivity index (χ3v) is 6.11. The molecule has 0 atom stereocenters. The summed E-state index contributed by atoms with van der Waals surface area (Å²) in [4.78, 5) is 26.5. The Morgan fingerprint density at radius 3 is 2.20 bits per heavy atom. The number of benzene rings is 3. The van der Waals surface area contributed by atoms with Gasteiger partial charge in [0, 0.05) is 27.7 Å². The molecule has 3 aromatic carbocycles. The first-order valence-corrected chi connectivity index (χ1v) is 11.2. The molecule has 1 heterocycles. The number of carbonyl (C=O) groups is 2. The van der Waals surface area contributed by atoms with Gasteiger partial charge < -0.3 is 19.5 Å². The fourth-order valence-electron chi connectivity index (χ4n) is 4.05. The number of halogens is 1. The molecular formula is C27H25ClN2O5. The summed E-state index contributed by atoms with van der Waals surface area (Å²) in [5.74, 6) is 1.27. The van der Waals surface area contributed by atoms with Gasteiger partial charge in [-0.15, -0.1) is 0 Å². The molecule has 0 radical (unpaired) electrons. The maximum atomic E-state index is 13.4. The molecule has 4 aromatic rings. The largest absolute Gasteiger partial charge is 0.497 e. The highest BCUT2D eigenvalue weighted by Gasteiger charge is 2.22. The number of ether oxygens (including phenoxy) is 3. The molecule has 7 nitrogen and oxygen atoms in total. The molecule has 1 N–H and O–H groups in total. The molecule has 180 valence electrons. The zero-order valence-corrected chi connectivity index (χ0v) is 20.6. The van der Waals surface area contributed by atoms with Gasteiger partial charge in [-0.1, -0.05) is 11.6 Å². The number of hydrogen-bond acceptors (Lipinski definition) is 5. The number of rotatable bonds is 7. The number of aromatic nitrogens is 1. The Labute approximate surface area is 208 Å². The third kappa shape index (κ3) is 4.81. The van der Waals surface area contributed by atoms with Crippen molar-refractivity contribution in [2.24, 2.45) is 0 Å². The van der Waals surface area contributed by atoms with Crippen molar-refractivity contribution in [2.45, 2.75) is 13.3 Å². The number of carbonyl (C=O) groups excluding carboxylic acids is 2. The summed E-state index contributed by atoms with van der Waals surface area (Å²) in [6, 6.07) is 17.3. The summed E-state index contributed by atoms with van der Waals surface area (Å²) in [5.41, 5.74) is 3.10. The van der Waals surface area contributed by atoms with Crippen LogP contribution in [0.3, 0.4) is 0 Å². The van der Waals surface area contributed by atoms with E-state index >= 15 is 0 Å². The molecule has 0 saturated carbocycles. The fourth-order valence-corrected chi connectivity index (χ4v) is 4.18. The highest BCUT2D eigenvalue weighted by Crippen LogP contribution is 2.32. The second-order valence-electron chi connectivity index (χ2n) is 7.89. The van der Waals surface area contributed by atoms with Crippen LogP contribution in [0.5, 0.6) is 17.2 Å². The zero-order chi connectivity index (χ0) is 25.1. The second-order valence-corrected chi connectivity index (χ2v) is 8.32. The quantitative estimate of drug-likeness (QED) is 0.368. The minimum Gasteiger partial charge on any atom is -0.497 e. The summed E-state index contributed by atoms with van der Waals surface area (Å²) >= 11 is 6.00. The summed E-state index contributed by atoms with van der Waals surface area (Å²) in [7, 11) is 4.66. The van der Waals surface area contributed by atoms with Crippen LogP contribution in [0.2, 0.25) is 5.02 Å². The zero-order valence-electron chi connectivity index (χ0n) is 19.8. The van der Waals surface area contributed by atoms with E-state index in [0.717, 1.165) is 10.9 Å². The van der Waals surface area contributed by atoms with Crippen molar-refractivity contribution < 1.29 is 23.8 Å². The fraction of sp³-hybridized carbons (Fsp3) is 0.185. The van der Waals surface area contributed by atoms with Crippen molar-refractivity contribution in [3.8, 4) is 17.2 Å². The molecule has 35 heavy (non-hydrogen) atoms. The van der Waals surface area contributed by atoms with Crippen LogP contribution in [0, 0.1) is 6.92 Å². The molecule has 0 spiro atoms. The van der Waals surface area contributed by atoms with Crippen LogP contribution in [-0.2, 0) is 11.2 Å². The SMILES string of the molecule is COc1ccc(NC(=O)Cc2c(C)n(C(=O)c3ccc(Cl)cc3)c3ccc(OC)cc23)c(OC)c1. The predicted molar refractivity (Wildman–Crippen MR) is 136 cm³/mol. The standard InChI is InChI=1S/C27H25ClN2O5/c1-16-21(15-26(31)29-23-11-9-20(34-3)14-25(23)35-4)22-13-19(33-2)10-12-24(22)30(16)27(32)17-5-7-18(28)8-6-17/h5-14H,15H2,1-4H3,(H,29,31). The van der Waals surface area contributed by atoms with E-state index in [2.05, 4.69) is 5.32 Å². The van der Waals surface area contributed by atoms with Crippen molar-refractivity contribution in [3.63, 3.8) is 0 Å². The predicted octanol–water partition coefficient (Wildman–Crippen LogP) is 5.50. The minimum absolute atomic E-state index is 0.0472. The van der Waals surface area contributed by atoms with Gasteiger partial charge in [0.25, 0.3) is 5.91 Å². The first kappa shape index (κ1) is 24.2. The number of amides is 1. The van der Waals surface area contributed by atoms with Gasteiger partial charge in [-0.25, -0.2) is 0 Å². The number of nitrogens with zero attached hydrogens (tertiary/aromatic N) is 1. The summed E-state index contributed by atoms with van der Waals surface area (Å²) in [6.45, 7) is 1.83. The third-order valence-electron chi connectivity index (χ3n) is 5.86. The molecule has 1 aromatic heterocycles. The molecule has 0 aliphatic rings. The maximum absolute atomic E-state index is 13.4.